The van der Waals surface area contributed by atoms with Crippen LogP contribution in [-0.4, -0.2) is 38.6 Å². The third kappa shape index (κ3) is 5.43. The fourth-order valence-corrected chi connectivity index (χ4v) is 2.51. The number of carbonyl (C=O) groups excluding carboxylic acids is 1. The number of hydrogen-bond acceptors (Lipinski definition) is 5. The minimum Gasteiger partial charge on any atom is -0.368 e. The molecular formula is C18H18F3N7O. The molecule has 0 spiro atoms. The largest absolute Gasteiger partial charge is 0.416 e. The van der Waals surface area contributed by atoms with Gasteiger partial charge in [0.25, 0.3) is 0 Å². The van der Waals surface area contributed by atoms with Gasteiger partial charge in [-0.05, 0) is 25.1 Å². The van der Waals surface area contributed by atoms with Gasteiger partial charge in [0.15, 0.2) is 0 Å². The zero-order valence-corrected chi connectivity index (χ0v) is 15.4. The van der Waals surface area contributed by atoms with Crippen molar-refractivity contribution in [3.05, 3.63) is 60.4 Å². The lowest BCUT2D eigenvalue weighted by atomic mass is 10.2. The van der Waals surface area contributed by atoms with Crippen molar-refractivity contribution in [3.8, 4) is 5.82 Å². The second-order valence-electron chi connectivity index (χ2n) is 5.99. The number of hydrogen-bond donors (Lipinski definition) is 3. The van der Waals surface area contributed by atoms with Crippen LogP contribution in [0, 0.1) is 6.92 Å². The fourth-order valence-electron chi connectivity index (χ4n) is 2.51. The number of nitrogens with zero attached hydrogens (tertiary/aromatic N) is 4. The Morgan fingerprint density at radius 1 is 1.14 bits per heavy atom. The lowest BCUT2D eigenvalue weighted by Crippen LogP contribution is -2.32. The van der Waals surface area contributed by atoms with Crippen LogP contribution in [0.2, 0.25) is 0 Å². The topological polar surface area (TPSA) is 96.8 Å². The first-order valence-corrected chi connectivity index (χ1v) is 8.61. The van der Waals surface area contributed by atoms with E-state index in [1.54, 1.807) is 23.0 Å². The number of anilines is 2. The molecule has 3 N–H and O–H groups in total. The predicted octanol–water partition coefficient (Wildman–Crippen LogP) is 3.22. The lowest BCUT2D eigenvalue weighted by molar-refractivity contribution is -0.137. The SMILES string of the molecule is Cc1nccn1-c1cc(NCCNC(=O)Nc2cccc(C(F)(F)F)c2)ncn1. The molecule has 8 nitrogen and oxygen atoms in total. The number of imidazole rings is 1. The molecule has 0 fully saturated rings. The number of aromatic nitrogens is 4. The zero-order chi connectivity index (χ0) is 20.9. The average Bonchev–Trinajstić information content (AvgIpc) is 3.11. The van der Waals surface area contributed by atoms with E-state index in [2.05, 4.69) is 30.9 Å². The van der Waals surface area contributed by atoms with Crippen LogP contribution in [0.1, 0.15) is 11.4 Å². The maximum absolute atomic E-state index is 12.7. The van der Waals surface area contributed by atoms with Crippen molar-refractivity contribution in [3.63, 3.8) is 0 Å². The molecule has 152 valence electrons. The average molecular weight is 405 g/mol. The molecular weight excluding hydrogens is 387 g/mol. The van der Waals surface area contributed by atoms with Gasteiger partial charge in [-0.25, -0.2) is 19.7 Å². The molecule has 0 saturated heterocycles. The van der Waals surface area contributed by atoms with Gasteiger partial charge in [-0.3, -0.25) is 4.57 Å². The van der Waals surface area contributed by atoms with Crippen LogP contribution < -0.4 is 16.0 Å². The summed E-state index contributed by atoms with van der Waals surface area (Å²) in [5.74, 6) is 1.98. The molecule has 2 heterocycles. The van der Waals surface area contributed by atoms with Gasteiger partial charge < -0.3 is 16.0 Å². The van der Waals surface area contributed by atoms with Gasteiger partial charge in [-0.2, -0.15) is 13.2 Å². The van der Waals surface area contributed by atoms with Crippen LogP contribution in [0.3, 0.4) is 0 Å². The summed E-state index contributed by atoms with van der Waals surface area (Å²) in [4.78, 5) is 24.3. The molecule has 0 aliphatic carbocycles. The lowest BCUT2D eigenvalue weighted by Gasteiger charge is -2.11. The summed E-state index contributed by atoms with van der Waals surface area (Å²) in [5, 5.41) is 7.97. The quantitative estimate of drug-likeness (QED) is 0.547. The van der Waals surface area contributed by atoms with E-state index in [-0.39, 0.29) is 12.2 Å². The van der Waals surface area contributed by atoms with E-state index in [0.717, 1.165) is 18.0 Å². The smallest absolute Gasteiger partial charge is 0.368 e. The van der Waals surface area contributed by atoms with Gasteiger partial charge in [0.1, 0.15) is 23.8 Å². The molecule has 0 unspecified atom stereocenters. The molecule has 0 aliphatic heterocycles. The summed E-state index contributed by atoms with van der Waals surface area (Å²) in [7, 11) is 0. The molecule has 3 rings (SSSR count). The van der Waals surface area contributed by atoms with Gasteiger partial charge >= 0.3 is 12.2 Å². The van der Waals surface area contributed by atoms with E-state index >= 15 is 0 Å². The first kappa shape index (κ1) is 20.1. The van der Waals surface area contributed by atoms with Crippen LogP contribution in [-0.2, 0) is 6.18 Å². The number of aryl methyl sites for hydroxylation is 1. The maximum atomic E-state index is 12.7. The Kier molecular flexibility index (Phi) is 5.96. The fraction of sp³-hybridized carbons (Fsp3) is 0.222. The van der Waals surface area contributed by atoms with E-state index < -0.39 is 17.8 Å². The standard InChI is InChI=1S/C18H18F3N7O/c1-12-22-7-8-28(12)16-10-15(25-11-26-16)23-5-6-24-17(29)27-14-4-2-3-13(9-14)18(19,20)21/h2-4,7-11H,5-6H2,1H3,(H,23,25,26)(H2,24,27,29). The van der Waals surface area contributed by atoms with Crippen molar-refractivity contribution in [2.45, 2.75) is 13.1 Å². The van der Waals surface area contributed by atoms with E-state index in [4.69, 9.17) is 0 Å². The molecule has 0 aliphatic rings. The summed E-state index contributed by atoms with van der Waals surface area (Å²) >= 11 is 0. The molecule has 11 heteroatoms. The highest BCUT2D eigenvalue weighted by Gasteiger charge is 2.30. The number of nitrogens with one attached hydrogen (secondary N) is 3. The monoisotopic (exact) mass is 405 g/mol. The van der Waals surface area contributed by atoms with Crippen LogP contribution in [0.4, 0.5) is 29.5 Å². The second-order valence-corrected chi connectivity index (χ2v) is 5.99. The van der Waals surface area contributed by atoms with Crippen LogP contribution in [0.15, 0.2) is 49.1 Å². The summed E-state index contributed by atoms with van der Waals surface area (Å²) in [6.45, 7) is 2.44. The summed E-state index contributed by atoms with van der Waals surface area (Å²) in [6, 6.07) is 5.55. The Labute approximate surface area is 164 Å². The Bertz CT molecular complexity index is 987. The van der Waals surface area contributed by atoms with E-state index in [0.29, 0.717) is 18.2 Å². The van der Waals surface area contributed by atoms with Crippen LogP contribution >= 0.6 is 0 Å². The van der Waals surface area contributed by atoms with Crippen LogP contribution in [0.5, 0.6) is 0 Å². The Balaban J connectivity index is 1.47. The number of rotatable bonds is 6. The number of amides is 2. The van der Waals surface area contributed by atoms with Crippen molar-refractivity contribution >= 4 is 17.5 Å². The van der Waals surface area contributed by atoms with Gasteiger partial charge in [-0.15, -0.1) is 0 Å². The minimum atomic E-state index is -4.47. The second kappa shape index (κ2) is 8.59. The maximum Gasteiger partial charge on any atom is 0.416 e. The van der Waals surface area contributed by atoms with Crippen molar-refractivity contribution < 1.29 is 18.0 Å². The van der Waals surface area contributed by atoms with Crippen molar-refractivity contribution in [2.24, 2.45) is 0 Å². The molecule has 29 heavy (non-hydrogen) atoms. The molecule has 1 aromatic carbocycles. The summed E-state index contributed by atoms with van der Waals surface area (Å²) in [5.41, 5.74) is -0.772. The number of urea groups is 1. The molecule has 3 aromatic rings. The Morgan fingerprint density at radius 3 is 2.69 bits per heavy atom. The third-order valence-electron chi connectivity index (χ3n) is 3.89. The normalized spacial score (nSPS) is 11.2. The molecule has 0 atom stereocenters. The summed E-state index contributed by atoms with van der Waals surface area (Å²) < 4.78 is 39.9. The molecule has 2 aromatic heterocycles. The highest BCUT2D eigenvalue weighted by atomic mass is 19.4. The van der Waals surface area contributed by atoms with E-state index in [1.165, 1.54) is 18.5 Å². The minimum absolute atomic E-state index is 0.0569. The van der Waals surface area contributed by atoms with Gasteiger partial charge in [-0.1, -0.05) is 6.07 Å². The van der Waals surface area contributed by atoms with Gasteiger partial charge in [0, 0.05) is 37.2 Å². The number of halogens is 3. The molecule has 0 saturated carbocycles. The Hall–Kier alpha value is -3.63. The zero-order valence-electron chi connectivity index (χ0n) is 15.4. The van der Waals surface area contributed by atoms with E-state index in [1.807, 2.05) is 6.92 Å². The molecule has 0 radical (unpaired) electrons. The van der Waals surface area contributed by atoms with Gasteiger partial charge in [0.05, 0.1) is 5.56 Å². The number of alkyl halides is 3. The van der Waals surface area contributed by atoms with Crippen LogP contribution in [0.25, 0.3) is 5.82 Å². The Morgan fingerprint density at radius 2 is 1.97 bits per heavy atom. The number of carbonyl (C=O) groups is 1. The molecule has 0 bridgehead atoms. The highest BCUT2D eigenvalue weighted by Crippen LogP contribution is 2.30. The van der Waals surface area contributed by atoms with E-state index in [9.17, 15) is 18.0 Å². The molecule has 2 amide bonds. The van der Waals surface area contributed by atoms with Crippen molar-refractivity contribution in [1.29, 1.82) is 0 Å². The first-order chi connectivity index (χ1) is 13.8. The summed E-state index contributed by atoms with van der Waals surface area (Å²) in [6.07, 6.45) is 0.382. The highest BCUT2D eigenvalue weighted by molar-refractivity contribution is 5.89. The van der Waals surface area contributed by atoms with Crippen molar-refractivity contribution in [2.75, 3.05) is 23.7 Å². The predicted molar refractivity (Wildman–Crippen MR) is 101 cm³/mol. The van der Waals surface area contributed by atoms with Crippen molar-refractivity contribution in [1.82, 2.24) is 24.8 Å². The first-order valence-electron chi connectivity index (χ1n) is 8.61. The van der Waals surface area contributed by atoms with Gasteiger partial charge in [0.2, 0.25) is 0 Å². The number of benzene rings is 1. The third-order valence-corrected chi connectivity index (χ3v) is 3.89.